The van der Waals surface area contributed by atoms with E-state index in [4.69, 9.17) is 16.3 Å². The first-order valence-electron chi connectivity index (χ1n) is 8.98. The second-order valence-corrected chi connectivity index (χ2v) is 8.61. The van der Waals surface area contributed by atoms with Gasteiger partial charge in [0.15, 0.2) is 5.16 Å². The molecule has 0 radical (unpaired) electrons. The molecule has 0 N–H and O–H groups in total. The Bertz CT molecular complexity index is 1140. The minimum absolute atomic E-state index is 0.0711. The number of nitrogens with zero attached hydrogens (tertiary/aromatic N) is 3. The molecule has 0 bridgehead atoms. The largest absolute Gasteiger partial charge is 0.495 e. The normalized spacial score (nSPS) is 12.1. The topological polar surface area (TPSA) is 64.4 Å². The quantitative estimate of drug-likeness (QED) is 0.452. The Kier molecular flexibility index (Phi) is 6.19. The molecule has 0 aliphatic carbocycles. The zero-order valence-corrected chi connectivity index (χ0v) is 18.5. The highest BCUT2D eigenvalue weighted by Gasteiger charge is 2.22. The molecule has 0 saturated heterocycles. The fraction of sp³-hybridized carbons (Fsp3) is 0.286. The summed E-state index contributed by atoms with van der Waals surface area (Å²) in [6, 6.07) is 10.6. The number of amides is 1. The lowest BCUT2D eigenvalue weighted by Gasteiger charge is -2.20. The number of halogens is 1. The number of methoxy groups -OCH3 is 1. The summed E-state index contributed by atoms with van der Waals surface area (Å²) < 4.78 is 7.00. The van der Waals surface area contributed by atoms with Crippen LogP contribution in [0.4, 0.5) is 0 Å². The number of aryl methyl sites for hydroxylation is 1. The van der Waals surface area contributed by atoms with Crippen molar-refractivity contribution < 1.29 is 9.53 Å². The summed E-state index contributed by atoms with van der Waals surface area (Å²) in [6.07, 6.45) is 0. The maximum absolute atomic E-state index is 13.4. The molecule has 0 unspecified atom stereocenters. The number of rotatable bonds is 5. The predicted octanol–water partition coefficient (Wildman–Crippen LogP) is 3.92. The molecule has 1 aromatic heterocycles. The summed E-state index contributed by atoms with van der Waals surface area (Å²) >= 11 is 7.33. The highest BCUT2D eigenvalue weighted by molar-refractivity contribution is 8.00. The summed E-state index contributed by atoms with van der Waals surface area (Å²) in [5.74, 6) is 0.472. The Morgan fingerprint density at radius 2 is 1.97 bits per heavy atom. The van der Waals surface area contributed by atoms with Crippen molar-refractivity contribution in [2.45, 2.75) is 24.3 Å². The standard InChI is InChI=1S/C21H22ClN3O3S/c1-12-6-9-18(28-5)17(10-12)25-20(27)15-8-7-14(22)11-16(15)23-21(25)29-13(2)19(26)24(3)4/h6-11,13H,1-5H3/t13-/m1/s1. The Morgan fingerprint density at radius 3 is 2.62 bits per heavy atom. The molecular weight excluding hydrogens is 410 g/mol. The lowest BCUT2D eigenvalue weighted by molar-refractivity contribution is -0.127. The SMILES string of the molecule is COc1ccc(C)cc1-n1c(S[C@H](C)C(=O)N(C)C)nc2cc(Cl)ccc2c1=O. The molecule has 0 fully saturated rings. The first-order valence-corrected chi connectivity index (χ1v) is 10.2. The van der Waals surface area contributed by atoms with E-state index in [9.17, 15) is 9.59 Å². The number of fused-ring (bicyclic) bond motifs is 1. The Hall–Kier alpha value is -2.51. The van der Waals surface area contributed by atoms with Gasteiger partial charge in [-0.3, -0.25) is 14.2 Å². The smallest absolute Gasteiger partial charge is 0.266 e. The summed E-state index contributed by atoms with van der Waals surface area (Å²) in [4.78, 5) is 32.1. The number of carbonyl (C=O) groups excluding carboxylic acids is 1. The van der Waals surface area contributed by atoms with Gasteiger partial charge in [-0.15, -0.1) is 0 Å². The van der Waals surface area contributed by atoms with Crippen molar-refractivity contribution in [3.8, 4) is 11.4 Å². The van der Waals surface area contributed by atoms with Gasteiger partial charge < -0.3 is 9.64 Å². The maximum atomic E-state index is 13.4. The van der Waals surface area contributed by atoms with E-state index in [-0.39, 0.29) is 11.5 Å². The summed E-state index contributed by atoms with van der Waals surface area (Å²) in [5.41, 5.74) is 1.78. The van der Waals surface area contributed by atoms with Crippen molar-refractivity contribution in [2.24, 2.45) is 0 Å². The molecule has 8 heteroatoms. The summed E-state index contributed by atoms with van der Waals surface area (Å²) in [7, 11) is 4.95. The number of aromatic nitrogens is 2. The van der Waals surface area contributed by atoms with Gasteiger partial charge in [0, 0.05) is 19.1 Å². The molecule has 0 aliphatic heterocycles. The molecule has 0 aliphatic rings. The number of hydrogen-bond donors (Lipinski definition) is 0. The van der Waals surface area contributed by atoms with Crippen molar-refractivity contribution in [1.82, 2.24) is 14.5 Å². The van der Waals surface area contributed by atoms with Crippen LogP contribution in [0.2, 0.25) is 5.02 Å². The van der Waals surface area contributed by atoms with Crippen LogP contribution in [0, 0.1) is 6.92 Å². The van der Waals surface area contributed by atoms with Crippen LogP contribution in [0.3, 0.4) is 0 Å². The van der Waals surface area contributed by atoms with Gasteiger partial charge >= 0.3 is 0 Å². The number of ether oxygens (including phenoxy) is 1. The molecule has 29 heavy (non-hydrogen) atoms. The van der Waals surface area contributed by atoms with Gasteiger partial charge in [-0.25, -0.2) is 4.98 Å². The van der Waals surface area contributed by atoms with Crippen LogP contribution in [0.25, 0.3) is 16.6 Å². The van der Waals surface area contributed by atoms with E-state index in [0.29, 0.717) is 32.5 Å². The van der Waals surface area contributed by atoms with E-state index in [0.717, 1.165) is 5.56 Å². The van der Waals surface area contributed by atoms with Gasteiger partial charge in [-0.05, 0) is 49.7 Å². The van der Waals surface area contributed by atoms with Gasteiger partial charge in [0.1, 0.15) is 5.75 Å². The van der Waals surface area contributed by atoms with E-state index in [1.807, 2.05) is 25.1 Å². The Labute approximate surface area is 178 Å². The van der Waals surface area contributed by atoms with Gasteiger partial charge in [-0.1, -0.05) is 29.4 Å². The molecule has 3 rings (SSSR count). The van der Waals surface area contributed by atoms with Gasteiger partial charge in [0.2, 0.25) is 5.91 Å². The molecule has 3 aromatic rings. The monoisotopic (exact) mass is 431 g/mol. The average Bonchev–Trinajstić information content (AvgIpc) is 2.67. The summed E-state index contributed by atoms with van der Waals surface area (Å²) in [6.45, 7) is 3.73. The van der Waals surface area contributed by atoms with Gasteiger partial charge in [0.25, 0.3) is 5.56 Å². The minimum atomic E-state index is -0.435. The third-order valence-electron chi connectivity index (χ3n) is 4.45. The zero-order valence-electron chi connectivity index (χ0n) is 16.9. The maximum Gasteiger partial charge on any atom is 0.266 e. The van der Waals surface area contributed by atoms with E-state index in [1.165, 1.54) is 21.2 Å². The molecule has 2 aromatic carbocycles. The van der Waals surface area contributed by atoms with Crippen LogP contribution in [0.5, 0.6) is 5.75 Å². The highest BCUT2D eigenvalue weighted by Crippen LogP contribution is 2.30. The van der Waals surface area contributed by atoms with Crippen LogP contribution >= 0.6 is 23.4 Å². The Morgan fingerprint density at radius 1 is 1.24 bits per heavy atom. The average molecular weight is 432 g/mol. The van der Waals surface area contributed by atoms with Gasteiger partial charge in [0.05, 0.1) is 29.0 Å². The lowest BCUT2D eigenvalue weighted by atomic mass is 10.2. The van der Waals surface area contributed by atoms with E-state index >= 15 is 0 Å². The molecule has 1 amide bonds. The first kappa shape index (κ1) is 21.2. The molecular formula is C21H22ClN3O3S. The van der Waals surface area contributed by atoms with Crippen molar-refractivity contribution in [2.75, 3.05) is 21.2 Å². The zero-order chi connectivity index (χ0) is 21.3. The highest BCUT2D eigenvalue weighted by atomic mass is 35.5. The molecule has 1 atom stereocenters. The second-order valence-electron chi connectivity index (χ2n) is 6.86. The van der Waals surface area contributed by atoms with Crippen LogP contribution in [-0.4, -0.2) is 46.8 Å². The molecule has 0 saturated carbocycles. The van der Waals surface area contributed by atoms with Crippen LogP contribution < -0.4 is 10.3 Å². The van der Waals surface area contributed by atoms with Crippen molar-refractivity contribution in [1.29, 1.82) is 0 Å². The van der Waals surface area contributed by atoms with Crippen LogP contribution in [-0.2, 0) is 4.79 Å². The fourth-order valence-electron chi connectivity index (χ4n) is 2.98. The first-order chi connectivity index (χ1) is 13.7. The number of hydrogen-bond acceptors (Lipinski definition) is 5. The third kappa shape index (κ3) is 4.26. The van der Waals surface area contributed by atoms with Crippen LogP contribution in [0.15, 0.2) is 46.3 Å². The third-order valence-corrected chi connectivity index (χ3v) is 5.72. The van der Waals surface area contributed by atoms with E-state index < -0.39 is 5.25 Å². The number of benzene rings is 2. The molecule has 1 heterocycles. The van der Waals surface area contributed by atoms with Crippen molar-refractivity contribution >= 4 is 40.2 Å². The minimum Gasteiger partial charge on any atom is -0.495 e. The van der Waals surface area contributed by atoms with Crippen molar-refractivity contribution in [3.63, 3.8) is 0 Å². The molecule has 152 valence electrons. The number of carbonyl (C=O) groups is 1. The molecule has 0 spiro atoms. The predicted molar refractivity (Wildman–Crippen MR) is 118 cm³/mol. The molecule has 6 nitrogen and oxygen atoms in total. The lowest BCUT2D eigenvalue weighted by Crippen LogP contribution is -2.31. The van der Waals surface area contributed by atoms with Gasteiger partial charge in [-0.2, -0.15) is 0 Å². The second kappa shape index (κ2) is 8.47. The summed E-state index contributed by atoms with van der Waals surface area (Å²) in [5, 5.41) is 0.893. The van der Waals surface area contributed by atoms with E-state index in [2.05, 4.69) is 4.98 Å². The number of thioether (sulfide) groups is 1. The Balaban J connectivity index is 2.31. The van der Waals surface area contributed by atoms with Crippen molar-refractivity contribution in [3.05, 3.63) is 57.3 Å². The van der Waals surface area contributed by atoms with Crippen LogP contribution in [0.1, 0.15) is 12.5 Å². The fourth-order valence-corrected chi connectivity index (χ4v) is 4.21. The van der Waals surface area contributed by atoms with E-state index in [1.54, 1.807) is 46.3 Å².